The summed E-state index contributed by atoms with van der Waals surface area (Å²) >= 11 is 4.21. The Morgan fingerprint density at radius 1 is 1.46 bits per heavy atom. The number of rotatable bonds is 1. The topological polar surface area (TPSA) is 17.1 Å². The molecule has 0 radical (unpaired) electrons. The Morgan fingerprint density at radius 2 is 2.31 bits per heavy atom. The van der Waals surface area contributed by atoms with Crippen LogP contribution >= 0.6 is 12.6 Å². The van der Waals surface area contributed by atoms with E-state index >= 15 is 0 Å². The van der Waals surface area contributed by atoms with Crippen LogP contribution < -0.4 is 0 Å². The summed E-state index contributed by atoms with van der Waals surface area (Å²) in [7, 11) is 0. The third-order valence-electron chi connectivity index (χ3n) is 2.93. The summed E-state index contributed by atoms with van der Waals surface area (Å²) in [6.07, 6.45) is 8.44. The van der Waals surface area contributed by atoms with E-state index in [2.05, 4.69) is 18.7 Å². The van der Waals surface area contributed by atoms with E-state index in [4.69, 9.17) is 0 Å². The van der Waals surface area contributed by atoms with Gasteiger partial charge in [0.2, 0.25) is 0 Å². The van der Waals surface area contributed by atoms with Crippen LogP contribution in [0, 0.1) is 5.92 Å². The van der Waals surface area contributed by atoms with Gasteiger partial charge in [-0.15, -0.1) is 0 Å². The van der Waals surface area contributed by atoms with Crippen LogP contribution in [0.25, 0.3) is 0 Å². The molecule has 2 heteroatoms. The molecule has 0 spiro atoms. The van der Waals surface area contributed by atoms with Gasteiger partial charge in [0.15, 0.2) is 5.78 Å². The molecule has 0 amide bonds. The molecule has 70 valence electrons. The molecular weight excluding hydrogens is 180 g/mol. The van der Waals surface area contributed by atoms with Crippen molar-refractivity contribution < 1.29 is 4.79 Å². The lowest BCUT2D eigenvalue weighted by Gasteiger charge is -2.25. The third kappa shape index (κ3) is 1.60. The predicted octanol–water partition coefficient (Wildman–Crippen LogP) is 2.54. The van der Waals surface area contributed by atoms with Crippen molar-refractivity contribution >= 4 is 18.4 Å². The summed E-state index contributed by atoms with van der Waals surface area (Å²) in [6.45, 7) is 0. The molecule has 0 aromatic heterocycles. The lowest BCUT2D eigenvalue weighted by Crippen LogP contribution is -2.24. The second kappa shape index (κ2) is 3.70. The van der Waals surface area contributed by atoms with E-state index < -0.39 is 0 Å². The Hall–Kier alpha value is -0.500. The Bertz CT molecular complexity index is 288. The highest BCUT2D eigenvalue weighted by Crippen LogP contribution is 2.33. The normalized spacial score (nSPS) is 27.8. The SMILES string of the molecule is O=C1C2=C(CCC=C2)CCC1CS. The molecule has 0 aromatic carbocycles. The second-order valence-corrected chi connectivity index (χ2v) is 4.11. The van der Waals surface area contributed by atoms with E-state index in [0.717, 1.165) is 31.3 Å². The number of carbonyl (C=O) groups is 1. The van der Waals surface area contributed by atoms with Crippen LogP contribution in [0.2, 0.25) is 0 Å². The first-order valence-corrected chi connectivity index (χ1v) is 5.50. The fourth-order valence-electron chi connectivity index (χ4n) is 2.10. The van der Waals surface area contributed by atoms with E-state index in [9.17, 15) is 4.79 Å². The zero-order valence-corrected chi connectivity index (χ0v) is 8.52. The van der Waals surface area contributed by atoms with Gasteiger partial charge in [-0.1, -0.05) is 17.7 Å². The van der Waals surface area contributed by atoms with Crippen molar-refractivity contribution in [2.45, 2.75) is 25.7 Å². The molecule has 0 N–H and O–H groups in total. The number of allylic oxidation sites excluding steroid dienone is 4. The Morgan fingerprint density at radius 3 is 3.08 bits per heavy atom. The monoisotopic (exact) mass is 194 g/mol. The summed E-state index contributed by atoms with van der Waals surface area (Å²) in [4.78, 5) is 11.8. The fraction of sp³-hybridized carbons (Fsp3) is 0.545. The standard InChI is InChI=1S/C11H14OS/c12-11-9(7-13)6-5-8-3-1-2-4-10(8)11/h2,4,9,13H,1,3,5-7H2. The smallest absolute Gasteiger partial charge is 0.166 e. The van der Waals surface area contributed by atoms with E-state index in [1.165, 1.54) is 5.57 Å². The van der Waals surface area contributed by atoms with Gasteiger partial charge in [0.05, 0.1) is 0 Å². The van der Waals surface area contributed by atoms with Crippen LogP contribution in [-0.2, 0) is 4.79 Å². The van der Waals surface area contributed by atoms with Crippen molar-refractivity contribution in [1.82, 2.24) is 0 Å². The molecule has 0 bridgehead atoms. The zero-order valence-electron chi connectivity index (χ0n) is 7.62. The van der Waals surface area contributed by atoms with Crippen LogP contribution in [0.4, 0.5) is 0 Å². The Kier molecular flexibility index (Phi) is 2.58. The Balaban J connectivity index is 2.28. The minimum Gasteiger partial charge on any atom is -0.294 e. The van der Waals surface area contributed by atoms with Gasteiger partial charge in [0, 0.05) is 17.2 Å². The van der Waals surface area contributed by atoms with Gasteiger partial charge in [-0.25, -0.2) is 0 Å². The van der Waals surface area contributed by atoms with Crippen molar-refractivity contribution in [3.63, 3.8) is 0 Å². The lowest BCUT2D eigenvalue weighted by atomic mass is 9.80. The highest BCUT2D eigenvalue weighted by Gasteiger charge is 2.27. The molecule has 0 saturated carbocycles. The van der Waals surface area contributed by atoms with Crippen molar-refractivity contribution in [2.24, 2.45) is 5.92 Å². The third-order valence-corrected chi connectivity index (χ3v) is 3.37. The maximum Gasteiger partial charge on any atom is 0.166 e. The largest absolute Gasteiger partial charge is 0.294 e. The molecule has 0 saturated heterocycles. The zero-order chi connectivity index (χ0) is 9.26. The molecule has 1 atom stereocenters. The molecule has 2 rings (SSSR count). The molecule has 13 heavy (non-hydrogen) atoms. The maximum absolute atomic E-state index is 11.8. The lowest BCUT2D eigenvalue weighted by molar-refractivity contribution is -0.118. The van der Waals surface area contributed by atoms with Crippen LogP contribution in [0.5, 0.6) is 0 Å². The minimum absolute atomic E-state index is 0.171. The van der Waals surface area contributed by atoms with Crippen molar-refractivity contribution in [2.75, 3.05) is 5.75 Å². The number of thiol groups is 1. The van der Waals surface area contributed by atoms with Gasteiger partial charge in [-0.3, -0.25) is 4.79 Å². The number of Topliss-reactive ketones (excluding diaryl/α,β-unsaturated/α-hetero) is 1. The van der Waals surface area contributed by atoms with Gasteiger partial charge < -0.3 is 0 Å². The summed E-state index contributed by atoms with van der Waals surface area (Å²) in [6, 6.07) is 0. The highest BCUT2D eigenvalue weighted by molar-refractivity contribution is 7.80. The highest BCUT2D eigenvalue weighted by atomic mass is 32.1. The molecule has 1 nitrogen and oxygen atoms in total. The van der Waals surface area contributed by atoms with Crippen molar-refractivity contribution in [3.05, 3.63) is 23.3 Å². The van der Waals surface area contributed by atoms with Gasteiger partial charge in [0.1, 0.15) is 0 Å². The van der Waals surface area contributed by atoms with Crippen LogP contribution in [0.1, 0.15) is 25.7 Å². The van der Waals surface area contributed by atoms with E-state index in [-0.39, 0.29) is 5.92 Å². The second-order valence-electron chi connectivity index (χ2n) is 3.74. The number of hydrogen-bond acceptors (Lipinski definition) is 2. The first kappa shape index (κ1) is 9.07. The van der Waals surface area contributed by atoms with Crippen molar-refractivity contribution in [3.8, 4) is 0 Å². The van der Waals surface area contributed by atoms with E-state index in [0.29, 0.717) is 11.5 Å². The van der Waals surface area contributed by atoms with Crippen LogP contribution in [-0.4, -0.2) is 11.5 Å². The fourth-order valence-corrected chi connectivity index (χ4v) is 2.45. The van der Waals surface area contributed by atoms with Gasteiger partial charge in [0.25, 0.3) is 0 Å². The predicted molar refractivity (Wildman–Crippen MR) is 57.0 cm³/mol. The minimum atomic E-state index is 0.171. The summed E-state index contributed by atoms with van der Waals surface area (Å²) in [5.74, 6) is 1.20. The van der Waals surface area contributed by atoms with Gasteiger partial charge in [-0.2, -0.15) is 12.6 Å². The maximum atomic E-state index is 11.8. The number of ketones is 1. The van der Waals surface area contributed by atoms with E-state index in [1.807, 2.05) is 6.08 Å². The number of carbonyl (C=O) groups excluding carboxylic acids is 1. The Labute approximate surface area is 84.3 Å². The summed E-state index contributed by atoms with van der Waals surface area (Å²) in [5, 5.41) is 0. The molecular formula is C11H14OS. The average molecular weight is 194 g/mol. The van der Waals surface area contributed by atoms with Crippen molar-refractivity contribution in [1.29, 1.82) is 0 Å². The first-order chi connectivity index (χ1) is 6.33. The van der Waals surface area contributed by atoms with Gasteiger partial charge >= 0.3 is 0 Å². The molecule has 0 fully saturated rings. The average Bonchev–Trinajstić information content (AvgIpc) is 2.19. The van der Waals surface area contributed by atoms with Crippen LogP contribution in [0.15, 0.2) is 23.3 Å². The summed E-state index contributed by atoms with van der Waals surface area (Å²) in [5.41, 5.74) is 2.38. The first-order valence-electron chi connectivity index (χ1n) is 4.86. The molecule has 2 aliphatic carbocycles. The van der Waals surface area contributed by atoms with E-state index in [1.54, 1.807) is 0 Å². The summed E-state index contributed by atoms with van der Waals surface area (Å²) < 4.78 is 0. The molecule has 0 aliphatic heterocycles. The number of hydrogen-bond donors (Lipinski definition) is 1. The molecule has 0 aromatic rings. The van der Waals surface area contributed by atoms with Gasteiger partial charge in [-0.05, 0) is 25.7 Å². The molecule has 2 aliphatic rings. The molecule has 0 heterocycles. The van der Waals surface area contributed by atoms with Crippen LogP contribution in [0.3, 0.4) is 0 Å². The quantitative estimate of drug-likeness (QED) is 0.635. The molecule has 1 unspecified atom stereocenters.